The van der Waals surface area contributed by atoms with E-state index in [9.17, 15) is 4.79 Å². The van der Waals surface area contributed by atoms with E-state index in [2.05, 4.69) is 0 Å². The first-order valence-corrected chi connectivity index (χ1v) is 5.08. The third-order valence-electron chi connectivity index (χ3n) is 1.82. The SMILES string of the molecule is O=C(/C=C/Cl)CCc1ccc(Cl)cc1. The molecule has 0 unspecified atom stereocenters. The summed E-state index contributed by atoms with van der Waals surface area (Å²) in [6, 6.07) is 7.47. The maximum absolute atomic E-state index is 11.1. The van der Waals surface area contributed by atoms with Crippen LogP contribution in [0, 0.1) is 0 Å². The zero-order valence-electron chi connectivity index (χ0n) is 7.54. The van der Waals surface area contributed by atoms with Gasteiger partial charge in [-0.2, -0.15) is 0 Å². The van der Waals surface area contributed by atoms with Gasteiger partial charge in [0.05, 0.1) is 0 Å². The van der Waals surface area contributed by atoms with E-state index in [0.29, 0.717) is 11.4 Å². The molecule has 0 amide bonds. The summed E-state index contributed by atoms with van der Waals surface area (Å²) in [6.07, 6.45) is 2.57. The number of benzene rings is 1. The number of rotatable bonds is 4. The van der Waals surface area contributed by atoms with Gasteiger partial charge >= 0.3 is 0 Å². The zero-order valence-corrected chi connectivity index (χ0v) is 9.05. The normalized spacial score (nSPS) is 10.7. The van der Waals surface area contributed by atoms with Crippen LogP contribution in [-0.2, 0) is 11.2 Å². The van der Waals surface area contributed by atoms with Gasteiger partial charge in [-0.25, -0.2) is 0 Å². The lowest BCUT2D eigenvalue weighted by molar-refractivity contribution is -0.114. The Hall–Kier alpha value is -0.790. The van der Waals surface area contributed by atoms with Crippen LogP contribution in [0.3, 0.4) is 0 Å². The molecule has 1 rings (SSSR count). The summed E-state index contributed by atoms with van der Waals surface area (Å²) in [7, 11) is 0. The van der Waals surface area contributed by atoms with Gasteiger partial charge in [-0.15, -0.1) is 0 Å². The summed E-state index contributed by atoms with van der Waals surface area (Å²) in [6.45, 7) is 0. The molecule has 0 saturated carbocycles. The molecule has 1 aromatic carbocycles. The fourth-order valence-corrected chi connectivity index (χ4v) is 1.34. The number of hydrogen-bond acceptors (Lipinski definition) is 1. The number of hydrogen-bond donors (Lipinski definition) is 0. The largest absolute Gasteiger partial charge is 0.295 e. The molecule has 0 spiro atoms. The average molecular weight is 229 g/mol. The highest BCUT2D eigenvalue weighted by atomic mass is 35.5. The number of halogens is 2. The number of aryl methyl sites for hydroxylation is 1. The van der Waals surface area contributed by atoms with Crippen LogP contribution in [0.4, 0.5) is 0 Å². The highest BCUT2D eigenvalue weighted by Gasteiger charge is 1.98. The van der Waals surface area contributed by atoms with E-state index in [0.717, 1.165) is 12.0 Å². The molecule has 0 saturated heterocycles. The Morgan fingerprint density at radius 1 is 1.29 bits per heavy atom. The maximum atomic E-state index is 11.1. The molecular formula is C11H10Cl2O. The number of carbonyl (C=O) groups is 1. The summed E-state index contributed by atoms with van der Waals surface area (Å²) in [5.41, 5.74) is 2.34. The van der Waals surface area contributed by atoms with E-state index in [-0.39, 0.29) is 5.78 Å². The van der Waals surface area contributed by atoms with Crippen molar-refractivity contribution in [2.45, 2.75) is 12.8 Å². The van der Waals surface area contributed by atoms with Crippen LogP contribution in [0.25, 0.3) is 0 Å². The van der Waals surface area contributed by atoms with Crippen molar-refractivity contribution in [1.29, 1.82) is 0 Å². The smallest absolute Gasteiger partial charge is 0.156 e. The summed E-state index contributed by atoms with van der Waals surface area (Å²) >= 11 is 11.0. The molecule has 74 valence electrons. The molecule has 0 heterocycles. The molecule has 0 aromatic heterocycles. The molecule has 0 atom stereocenters. The standard InChI is InChI=1S/C11H10Cl2O/c12-8-7-11(14)6-3-9-1-4-10(13)5-2-9/h1-2,4-5,7-8H,3,6H2/b8-7+. The van der Waals surface area contributed by atoms with Crippen molar-refractivity contribution in [3.8, 4) is 0 Å². The molecule has 1 nitrogen and oxygen atoms in total. The molecule has 0 N–H and O–H groups in total. The average Bonchev–Trinajstić information content (AvgIpc) is 2.17. The molecule has 0 aliphatic rings. The van der Waals surface area contributed by atoms with Gasteiger partial charge in [-0.3, -0.25) is 4.79 Å². The summed E-state index contributed by atoms with van der Waals surface area (Å²) < 4.78 is 0. The minimum absolute atomic E-state index is 0.0370. The topological polar surface area (TPSA) is 17.1 Å². The Balaban J connectivity index is 2.46. The van der Waals surface area contributed by atoms with Gasteiger partial charge in [0.25, 0.3) is 0 Å². The van der Waals surface area contributed by atoms with Crippen LogP contribution in [-0.4, -0.2) is 5.78 Å². The predicted octanol–water partition coefficient (Wildman–Crippen LogP) is 3.59. The molecule has 0 radical (unpaired) electrons. The summed E-state index contributed by atoms with van der Waals surface area (Å²) in [5, 5.41) is 0.709. The van der Waals surface area contributed by atoms with Crippen LogP contribution >= 0.6 is 23.2 Å². The fourth-order valence-electron chi connectivity index (χ4n) is 1.07. The van der Waals surface area contributed by atoms with Crippen LogP contribution < -0.4 is 0 Å². The third kappa shape index (κ3) is 3.95. The first-order chi connectivity index (χ1) is 6.72. The monoisotopic (exact) mass is 228 g/mol. The van der Waals surface area contributed by atoms with Crippen LogP contribution in [0.5, 0.6) is 0 Å². The van der Waals surface area contributed by atoms with Crippen molar-refractivity contribution in [2.75, 3.05) is 0 Å². The minimum atomic E-state index is 0.0370. The Bertz CT molecular complexity index is 328. The number of carbonyl (C=O) groups excluding carboxylic acids is 1. The lowest BCUT2D eigenvalue weighted by atomic mass is 10.1. The molecule has 14 heavy (non-hydrogen) atoms. The molecular weight excluding hydrogens is 219 g/mol. The minimum Gasteiger partial charge on any atom is -0.295 e. The molecule has 0 fully saturated rings. The molecule has 0 aliphatic heterocycles. The van der Waals surface area contributed by atoms with Gasteiger partial charge in [0.2, 0.25) is 0 Å². The number of ketones is 1. The Morgan fingerprint density at radius 3 is 2.50 bits per heavy atom. The molecule has 3 heteroatoms. The number of allylic oxidation sites excluding steroid dienone is 1. The van der Waals surface area contributed by atoms with Crippen molar-refractivity contribution in [3.63, 3.8) is 0 Å². The Morgan fingerprint density at radius 2 is 1.93 bits per heavy atom. The van der Waals surface area contributed by atoms with Gasteiger partial charge < -0.3 is 0 Å². The first kappa shape index (κ1) is 11.3. The first-order valence-electron chi connectivity index (χ1n) is 4.26. The summed E-state index contributed by atoms with van der Waals surface area (Å²) in [5.74, 6) is 0.0370. The van der Waals surface area contributed by atoms with Crippen LogP contribution in [0.2, 0.25) is 5.02 Å². The second-order valence-corrected chi connectivity index (χ2v) is 3.57. The van der Waals surface area contributed by atoms with E-state index in [1.165, 1.54) is 11.6 Å². The Kier molecular flexibility index (Phi) is 4.71. The third-order valence-corrected chi connectivity index (χ3v) is 2.20. The lowest BCUT2D eigenvalue weighted by Crippen LogP contribution is -1.95. The highest BCUT2D eigenvalue weighted by Crippen LogP contribution is 2.11. The van der Waals surface area contributed by atoms with Gasteiger partial charge in [0.15, 0.2) is 5.78 Å². The van der Waals surface area contributed by atoms with Crippen molar-refractivity contribution in [2.24, 2.45) is 0 Å². The van der Waals surface area contributed by atoms with E-state index in [1.807, 2.05) is 24.3 Å². The van der Waals surface area contributed by atoms with Crippen molar-refractivity contribution < 1.29 is 4.79 Å². The van der Waals surface area contributed by atoms with Crippen molar-refractivity contribution >= 4 is 29.0 Å². The van der Waals surface area contributed by atoms with Gasteiger partial charge in [-0.1, -0.05) is 35.3 Å². The van der Waals surface area contributed by atoms with Crippen LogP contribution in [0.1, 0.15) is 12.0 Å². The molecule has 1 aromatic rings. The van der Waals surface area contributed by atoms with Gasteiger partial charge in [-0.05, 0) is 30.2 Å². The predicted molar refractivity (Wildman–Crippen MR) is 59.8 cm³/mol. The second-order valence-electron chi connectivity index (χ2n) is 2.89. The van der Waals surface area contributed by atoms with Crippen LogP contribution in [0.15, 0.2) is 35.9 Å². The maximum Gasteiger partial charge on any atom is 0.156 e. The summed E-state index contributed by atoms with van der Waals surface area (Å²) in [4.78, 5) is 11.1. The van der Waals surface area contributed by atoms with E-state index in [1.54, 1.807) is 0 Å². The zero-order chi connectivity index (χ0) is 10.4. The lowest BCUT2D eigenvalue weighted by Gasteiger charge is -1.98. The van der Waals surface area contributed by atoms with E-state index >= 15 is 0 Å². The second kappa shape index (κ2) is 5.84. The van der Waals surface area contributed by atoms with Crippen molar-refractivity contribution in [1.82, 2.24) is 0 Å². The van der Waals surface area contributed by atoms with Gasteiger partial charge in [0, 0.05) is 17.0 Å². The highest BCUT2D eigenvalue weighted by molar-refractivity contribution is 6.30. The quantitative estimate of drug-likeness (QED) is 0.721. The van der Waals surface area contributed by atoms with Gasteiger partial charge in [0.1, 0.15) is 0 Å². The van der Waals surface area contributed by atoms with Crippen molar-refractivity contribution in [3.05, 3.63) is 46.5 Å². The van der Waals surface area contributed by atoms with E-state index in [4.69, 9.17) is 23.2 Å². The molecule has 0 bridgehead atoms. The Labute approximate surface area is 93.3 Å². The van der Waals surface area contributed by atoms with E-state index < -0.39 is 0 Å². The fraction of sp³-hybridized carbons (Fsp3) is 0.182. The molecule has 0 aliphatic carbocycles.